The third-order valence-electron chi connectivity index (χ3n) is 7.04. The molecule has 1 saturated heterocycles. The summed E-state index contributed by atoms with van der Waals surface area (Å²) in [7, 11) is 0. The molecule has 3 aromatic rings. The summed E-state index contributed by atoms with van der Waals surface area (Å²) in [6.07, 6.45) is 3.71. The van der Waals surface area contributed by atoms with Crippen molar-refractivity contribution in [2.75, 3.05) is 39.5 Å². The van der Waals surface area contributed by atoms with Gasteiger partial charge in [0, 0.05) is 48.5 Å². The Balaban J connectivity index is 1.44. The van der Waals surface area contributed by atoms with Crippen molar-refractivity contribution in [1.82, 2.24) is 19.8 Å². The molecule has 1 aromatic carbocycles. The van der Waals surface area contributed by atoms with E-state index < -0.39 is 25.1 Å². The number of likely N-dealkylation sites (tertiary alicyclic amines) is 1. The Morgan fingerprint density at radius 1 is 1.31 bits per heavy atom. The van der Waals surface area contributed by atoms with Crippen molar-refractivity contribution in [3.05, 3.63) is 46.6 Å². The number of rotatable bonds is 9. The fourth-order valence-electron chi connectivity index (χ4n) is 5.35. The van der Waals surface area contributed by atoms with E-state index in [1.807, 2.05) is 25.1 Å². The third-order valence-corrected chi connectivity index (χ3v) is 7.98. The maximum absolute atomic E-state index is 14.4. The molecule has 0 spiro atoms. The van der Waals surface area contributed by atoms with Crippen LogP contribution in [0.2, 0.25) is 0 Å². The predicted molar refractivity (Wildman–Crippen MR) is 130 cm³/mol. The van der Waals surface area contributed by atoms with Crippen LogP contribution >= 0.6 is 11.3 Å². The molecular formula is C25H31F3N4O2S. The number of halogens is 3. The van der Waals surface area contributed by atoms with Gasteiger partial charge in [-0.2, -0.15) is 0 Å². The van der Waals surface area contributed by atoms with E-state index >= 15 is 0 Å². The standard InChI is InChI=1S/C25H31F3N4O2S/c1-16-11-19-18-5-2-3-6-20(18)30-22(19)23(32(16)14-25(27,28)15-33)21-12-29-24(35-21)34-17-7-10-31(13-17)9-4-8-26/h2-3,5-6,12,16-17,23,30,33H,4,7-11,13-15H2,1H3/t16-,17-,23-/m1/s1. The van der Waals surface area contributed by atoms with Crippen LogP contribution in [0.15, 0.2) is 30.5 Å². The van der Waals surface area contributed by atoms with E-state index in [0.29, 0.717) is 18.0 Å². The number of aliphatic hydroxyl groups excluding tert-OH is 1. The van der Waals surface area contributed by atoms with Crippen LogP contribution in [0, 0.1) is 0 Å². The van der Waals surface area contributed by atoms with Crippen molar-refractivity contribution < 1.29 is 23.0 Å². The minimum absolute atomic E-state index is 0.0163. The highest BCUT2D eigenvalue weighted by molar-refractivity contribution is 7.13. The number of aliphatic hydroxyl groups is 1. The Labute approximate surface area is 206 Å². The van der Waals surface area contributed by atoms with Crippen LogP contribution in [0.3, 0.4) is 0 Å². The van der Waals surface area contributed by atoms with Gasteiger partial charge in [-0.05, 0) is 37.8 Å². The molecule has 2 aromatic heterocycles. The number of aromatic nitrogens is 2. The Morgan fingerprint density at radius 2 is 2.14 bits per heavy atom. The highest BCUT2D eigenvalue weighted by Crippen LogP contribution is 2.44. The fraction of sp³-hybridized carbons (Fsp3) is 0.560. The van der Waals surface area contributed by atoms with Crippen molar-refractivity contribution in [3.63, 3.8) is 0 Å². The molecule has 1 fully saturated rings. The number of fused-ring (bicyclic) bond motifs is 3. The van der Waals surface area contributed by atoms with Gasteiger partial charge >= 0.3 is 0 Å². The van der Waals surface area contributed by atoms with Gasteiger partial charge < -0.3 is 14.8 Å². The molecule has 0 radical (unpaired) electrons. The molecule has 4 heterocycles. The molecule has 0 bridgehead atoms. The number of thiazole rings is 1. The molecule has 6 nitrogen and oxygen atoms in total. The highest BCUT2D eigenvalue weighted by Gasteiger charge is 2.42. The maximum Gasteiger partial charge on any atom is 0.283 e. The Kier molecular flexibility index (Phi) is 7.07. The molecule has 2 N–H and O–H groups in total. The summed E-state index contributed by atoms with van der Waals surface area (Å²) in [6, 6.07) is 7.39. The van der Waals surface area contributed by atoms with Gasteiger partial charge in [-0.15, -0.1) is 0 Å². The first-order valence-electron chi connectivity index (χ1n) is 12.1. The molecule has 5 rings (SSSR count). The number of H-pyrrole nitrogens is 1. The molecular weight excluding hydrogens is 477 g/mol. The van der Waals surface area contributed by atoms with E-state index in [1.54, 1.807) is 11.1 Å². The number of nitrogens with one attached hydrogen (secondary N) is 1. The average Bonchev–Trinajstić information content (AvgIpc) is 3.57. The zero-order chi connectivity index (χ0) is 24.6. The summed E-state index contributed by atoms with van der Waals surface area (Å²) in [5.74, 6) is -3.22. The zero-order valence-corrected chi connectivity index (χ0v) is 20.5. The van der Waals surface area contributed by atoms with Gasteiger partial charge in [-0.1, -0.05) is 29.5 Å². The predicted octanol–water partition coefficient (Wildman–Crippen LogP) is 4.40. The first-order chi connectivity index (χ1) is 16.9. The van der Waals surface area contributed by atoms with Crippen molar-refractivity contribution >= 4 is 22.2 Å². The minimum Gasteiger partial charge on any atom is -0.465 e. The van der Waals surface area contributed by atoms with Crippen LogP contribution in [0.1, 0.15) is 41.9 Å². The number of para-hydroxylation sites is 1. The molecule has 190 valence electrons. The summed E-state index contributed by atoms with van der Waals surface area (Å²) < 4.78 is 47.5. The number of nitrogens with zero attached hydrogens (tertiary/aromatic N) is 3. The maximum atomic E-state index is 14.4. The van der Waals surface area contributed by atoms with E-state index in [2.05, 4.69) is 20.9 Å². The minimum atomic E-state index is -3.22. The molecule has 0 amide bonds. The lowest BCUT2D eigenvalue weighted by Gasteiger charge is -2.41. The number of hydrogen-bond acceptors (Lipinski definition) is 6. The van der Waals surface area contributed by atoms with E-state index in [4.69, 9.17) is 4.74 Å². The first-order valence-corrected chi connectivity index (χ1v) is 12.9. The number of hydrogen-bond donors (Lipinski definition) is 2. The first kappa shape index (κ1) is 24.5. The van der Waals surface area contributed by atoms with Gasteiger partial charge in [0.25, 0.3) is 11.1 Å². The topological polar surface area (TPSA) is 64.6 Å². The van der Waals surface area contributed by atoms with E-state index in [9.17, 15) is 18.3 Å². The summed E-state index contributed by atoms with van der Waals surface area (Å²) >= 11 is 1.38. The molecule has 10 heteroatoms. The smallest absolute Gasteiger partial charge is 0.283 e. The molecule has 0 aliphatic carbocycles. The van der Waals surface area contributed by atoms with Crippen LogP contribution in [0.25, 0.3) is 10.9 Å². The van der Waals surface area contributed by atoms with Crippen LogP contribution in [-0.4, -0.2) is 82.4 Å². The fourth-order valence-corrected chi connectivity index (χ4v) is 6.31. The van der Waals surface area contributed by atoms with Gasteiger partial charge in [-0.3, -0.25) is 14.2 Å². The van der Waals surface area contributed by atoms with Crippen LogP contribution in [-0.2, 0) is 6.42 Å². The van der Waals surface area contributed by atoms with Crippen molar-refractivity contribution in [1.29, 1.82) is 0 Å². The van der Waals surface area contributed by atoms with Gasteiger partial charge in [-0.25, -0.2) is 13.8 Å². The normalized spacial score (nSPS) is 23.7. The highest BCUT2D eigenvalue weighted by atomic mass is 32.1. The lowest BCUT2D eigenvalue weighted by Crippen LogP contribution is -2.49. The van der Waals surface area contributed by atoms with Crippen molar-refractivity contribution in [2.45, 2.75) is 50.3 Å². The number of benzene rings is 1. The van der Waals surface area contributed by atoms with Gasteiger partial charge in [0.15, 0.2) is 0 Å². The number of ether oxygens (including phenoxy) is 1. The SMILES string of the molecule is C[C@@H]1Cc2c([nH]c3ccccc23)[C@@H](c2cnc(O[C@@H]3CCN(CCCF)C3)s2)N1CC(F)(F)CO. The Hall–Kier alpha value is -2.14. The number of alkyl halides is 3. The lowest BCUT2D eigenvalue weighted by atomic mass is 9.91. The Bertz CT molecular complexity index is 1150. The third kappa shape index (κ3) is 5.07. The number of aromatic amines is 1. The summed E-state index contributed by atoms with van der Waals surface area (Å²) in [5, 5.41) is 10.9. The summed E-state index contributed by atoms with van der Waals surface area (Å²) in [5.41, 5.74) is 3.01. The Morgan fingerprint density at radius 3 is 2.94 bits per heavy atom. The molecule has 2 aliphatic heterocycles. The zero-order valence-electron chi connectivity index (χ0n) is 19.7. The van der Waals surface area contributed by atoms with Crippen LogP contribution in [0.4, 0.5) is 13.2 Å². The van der Waals surface area contributed by atoms with Crippen LogP contribution < -0.4 is 4.74 Å². The molecule has 0 saturated carbocycles. The van der Waals surface area contributed by atoms with Crippen LogP contribution in [0.5, 0.6) is 5.19 Å². The van der Waals surface area contributed by atoms with Crippen molar-refractivity contribution in [2.24, 2.45) is 0 Å². The average molecular weight is 509 g/mol. The molecule has 2 aliphatic rings. The second-order valence-corrected chi connectivity index (χ2v) is 10.6. The molecule has 35 heavy (non-hydrogen) atoms. The lowest BCUT2D eigenvalue weighted by molar-refractivity contribution is -0.0862. The van der Waals surface area contributed by atoms with E-state index in [0.717, 1.165) is 53.1 Å². The monoisotopic (exact) mass is 508 g/mol. The van der Waals surface area contributed by atoms with Gasteiger partial charge in [0.1, 0.15) is 12.7 Å². The molecule has 0 unspecified atom stereocenters. The molecule has 3 atom stereocenters. The van der Waals surface area contributed by atoms with Crippen molar-refractivity contribution in [3.8, 4) is 5.19 Å². The van der Waals surface area contributed by atoms with Gasteiger partial charge in [0.05, 0.1) is 24.1 Å². The second kappa shape index (κ2) is 10.1. The van der Waals surface area contributed by atoms with E-state index in [1.165, 1.54) is 11.3 Å². The second-order valence-electron chi connectivity index (χ2n) is 9.61. The largest absolute Gasteiger partial charge is 0.465 e. The quantitative estimate of drug-likeness (QED) is 0.449. The summed E-state index contributed by atoms with van der Waals surface area (Å²) in [4.78, 5) is 12.7. The summed E-state index contributed by atoms with van der Waals surface area (Å²) in [6.45, 7) is 2.20. The van der Waals surface area contributed by atoms with E-state index in [-0.39, 0.29) is 18.8 Å². The van der Waals surface area contributed by atoms with Gasteiger partial charge in [0.2, 0.25) is 0 Å².